The van der Waals surface area contributed by atoms with Crippen LogP contribution in [-0.2, 0) is 15.0 Å². The Hall–Kier alpha value is -2.11. The molecule has 9 heteroatoms. The normalized spacial score (nSPS) is 10.6. The van der Waals surface area contributed by atoms with E-state index in [1.807, 2.05) is 112 Å². The van der Waals surface area contributed by atoms with Gasteiger partial charge in [-0.15, -0.1) is 0 Å². The Bertz CT molecular complexity index is 1000. The minimum absolute atomic E-state index is 0. The molecule has 0 bridgehead atoms. The monoisotopic (exact) mass is 684 g/mol. The molecule has 3 rings (SSSR count). The van der Waals surface area contributed by atoms with Crippen molar-refractivity contribution in [1.82, 2.24) is 0 Å². The second-order valence-electron chi connectivity index (χ2n) is 9.32. The van der Waals surface area contributed by atoms with Crippen LogP contribution in [0.3, 0.4) is 0 Å². The van der Waals surface area contributed by atoms with Gasteiger partial charge in [0, 0.05) is 16.3 Å². The van der Waals surface area contributed by atoms with E-state index in [1.165, 1.54) is 11.8 Å². The van der Waals surface area contributed by atoms with Gasteiger partial charge in [-0.05, 0) is 16.7 Å². The lowest BCUT2D eigenvalue weighted by molar-refractivity contribution is -0.122. The topological polar surface area (TPSA) is 153 Å². The summed E-state index contributed by atoms with van der Waals surface area (Å²) in [5.41, 5.74) is 13.4. The van der Waals surface area contributed by atoms with E-state index < -0.39 is 17.5 Å². The highest BCUT2D eigenvalue weighted by molar-refractivity contribution is 8.14. The molecule has 3 aromatic carbocycles. The molecule has 0 heterocycles. The quantitative estimate of drug-likeness (QED) is 0.137. The molecule has 264 valence electrons. The first-order valence-electron chi connectivity index (χ1n) is 11.7. The van der Waals surface area contributed by atoms with Gasteiger partial charge in [0.15, 0.2) is 5.78 Å². The van der Waals surface area contributed by atoms with Crippen molar-refractivity contribution in [2.24, 2.45) is 11.5 Å². The van der Waals surface area contributed by atoms with Crippen LogP contribution in [0.2, 0.25) is 0 Å². The Balaban J connectivity index is -0.000000101. The first-order chi connectivity index (χ1) is 17.1. The molecule has 3 aromatic rings. The Morgan fingerprint density at radius 3 is 1.09 bits per heavy atom. The summed E-state index contributed by atoms with van der Waals surface area (Å²) in [6.45, 7) is 5.96. The van der Waals surface area contributed by atoms with Crippen molar-refractivity contribution in [3.63, 3.8) is 0 Å². The smallest absolute Gasteiger partial charge is 0.206 e. The fourth-order valence-corrected chi connectivity index (χ4v) is 5.10. The van der Waals surface area contributed by atoms with E-state index in [0.29, 0.717) is 11.5 Å². The van der Waals surface area contributed by atoms with Crippen LogP contribution in [0, 0.1) is 0 Å². The molecule has 0 saturated carbocycles. The summed E-state index contributed by atoms with van der Waals surface area (Å²) in [6, 6.07) is 28.4. The lowest BCUT2D eigenvalue weighted by Crippen LogP contribution is -2.49. The Morgan fingerprint density at radius 2 is 0.867 bits per heavy atom. The van der Waals surface area contributed by atoms with Gasteiger partial charge in [-0.3, -0.25) is 9.59 Å². The number of rotatable bonds is 8. The fraction of sp³-hybridized carbons (Fsp3) is 0.444. The Kier molecular flexibility index (Phi) is 40.3. The minimum atomic E-state index is -0.952. The Morgan fingerprint density at radius 1 is 0.600 bits per heavy atom. The van der Waals surface area contributed by atoms with Crippen LogP contribution in [0.1, 0.15) is 89.4 Å². The van der Waals surface area contributed by atoms with Crippen LogP contribution in [0.15, 0.2) is 91.0 Å². The molecule has 0 unspecified atom stereocenters. The maximum atomic E-state index is 13.6. The first kappa shape index (κ1) is 61.8. The second kappa shape index (κ2) is 29.3. The molecule has 0 aliphatic rings. The van der Waals surface area contributed by atoms with Gasteiger partial charge in [-0.1, -0.05) is 176 Å². The van der Waals surface area contributed by atoms with Gasteiger partial charge in [0.25, 0.3) is 0 Å². The van der Waals surface area contributed by atoms with E-state index in [9.17, 15) is 9.59 Å². The number of thiol groups is 2. The van der Waals surface area contributed by atoms with Gasteiger partial charge >= 0.3 is 0 Å². The van der Waals surface area contributed by atoms with Crippen LogP contribution in [0.5, 0.6) is 0 Å². The van der Waals surface area contributed by atoms with E-state index in [1.54, 1.807) is 0 Å². The maximum Gasteiger partial charge on any atom is 0.206 e. The summed E-state index contributed by atoms with van der Waals surface area (Å²) in [4.78, 5) is 24.8. The number of hydrogen-bond acceptors (Lipinski definition) is 7. The molecule has 0 aliphatic carbocycles. The molecule has 45 heavy (non-hydrogen) atoms. The van der Waals surface area contributed by atoms with Crippen molar-refractivity contribution >= 4 is 47.9 Å². The number of Topliss-reactive ketones (excluding diaryl/α,β-unsaturated/α-hetero) is 1. The molecule has 0 spiro atoms. The zero-order valence-corrected chi connectivity index (χ0v) is 24.8. The Labute approximate surface area is 294 Å². The average Bonchev–Trinajstić information content (AvgIpc) is 2.89. The van der Waals surface area contributed by atoms with Gasteiger partial charge in [0.1, 0.15) is 5.41 Å². The first-order valence-corrected chi connectivity index (χ1v) is 13.8. The molecule has 2 atom stereocenters. The van der Waals surface area contributed by atoms with Crippen molar-refractivity contribution < 1.29 is 9.59 Å². The largest absolute Gasteiger partial charge is 0.693 e. The number of benzene rings is 3. The van der Waals surface area contributed by atoms with Crippen LogP contribution in [0.25, 0.3) is 12.3 Å². The third-order valence-electron chi connectivity index (χ3n) is 5.43. The molecule has 0 amide bonds. The number of ketones is 1. The third-order valence-corrected chi connectivity index (χ3v) is 7.33. The summed E-state index contributed by atoms with van der Waals surface area (Å²) < 4.78 is -0.0440. The minimum Gasteiger partial charge on any atom is -0.693 e. The number of carbonyl (C=O) groups excluding carboxylic acids is 2. The van der Waals surface area contributed by atoms with E-state index >= 15 is 0 Å². The molecule has 6 nitrogen and oxygen atoms in total. The zero-order chi connectivity index (χ0) is 26.8. The molecule has 0 saturated heterocycles. The van der Waals surface area contributed by atoms with Gasteiger partial charge < -0.3 is 23.8 Å². The molecule has 0 radical (unpaired) electrons. The molecular weight excluding hydrogens is 617 g/mol. The third kappa shape index (κ3) is 16.9. The van der Waals surface area contributed by atoms with Crippen LogP contribution in [-0.4, -0.2) is 39.2 Å². The highest BCUT2D eigenvalue weighted by Crippen LogP contribution is 2.40. The van der Waals surface area contributed by atoms with E-state index in [0.717, 1.165) is 16.7 Å². The highest BCUT2D eigenvalue weighted by atomic mass is 32.2. The molecule has 0 fully saturated rings. The van der Waals surface area contributed by atoms with Gasteiger partial charge in [0.05, 0.1) is 12.1 Å². The highest BCUT2D eigenvalue weighted by Gasteiger charge is 2.45. The predicted octanol–water partition coefficient (Wildman–Crippen LogP) is 11.0. The van der Waals surface area contributed by atoms with Crippen molar-refractivity contribution in [3.8, 4) is 0 Å². The average molecular weight is 685 g/mol. The zero-order valence-electron chi connectivity index (χ0n) is 22.2. The van der Waals surface area contributed by atoms with E-state index in [4.69, 9.17) is 11.5 Å². The summed E-state index contributed by atoms with van der Waals surface area (Å²) >= 11 is 9.50. The number of nitrogens with two attached hydrogens (primary N) is 4. The maximum absolute atomic E-state index is 13.6. The van der Waals surface area contributed by atoms with Gasteiger partial charge in [0.2, 0.25) is 5.12 Å². The summed E-state index contributed by atoms with van der Waals surface area (Å²) in [6.07, 6.45) is 0. The summed E-state index contributed by atoms with van der Waals surface area (Å²) in [5, 5.41) is 0.0208. The fourth-order valence-electron chi connectivity index (χ4n) is 3.80. The summed E-state index contributed by atoms with van der Waals surface area (Å²) in [5.74, 6) is 0.667. The number of thioether (sulfide) groups is 1. The number of hydrogen-bond donors (Lipinski definition) is 4. The van der Waals surface area contributed by atoms with Crippen molar-refractivity contribution in [2.45, 2.75) is 95.0 Å². The lowest BCUT2D eigenvalue weighted by atomic mass is 9.65. The predicted molar refractivity (Wildman–Crippen MR) is 218 cm³/mol. The molecule has 0 aromatic heterocycles. The SMILES string of the molecule is C.C.C.C.C.C.C.CC(C)(C)SC(=O)[C@@H](N)CS.N[C@@H](CS)C(=O)C(c1ccccc1)(c1ccccc1)c1ccccc1.[NH2-].[NH2-]. The molecule has 0 aliphatic heterocycles. The van der Waals surface area contributed by atoms with Crippen molar-refractivity contribution in [2.75, 3.05) is 11.5 Å². The van der Waals surface area contributed by atoms with Crippen LogP contribution in [0.4, 0.5) is 0 Å². The second-order valence-corrected chi connectivity index (χ2v) is 11.9. The molecule has 8 N–H and O–H groups in total. The molecular formula is C36H68N4O2S3-2. The lowest BCUT2D eigenvalue weighted by Gasteiger charge is -2.36. The van der Waals surface area contributed by atoms with Crippen molar-refractivity contribution in [1.29, 1.82) is 0 Å². The van der Waals surface area contributed by atoms with Gasteiger partial charge in [-0.25, -0.2) is 0 Å². The standard InChI is InChI=1S/C22H21NOS.C7H15NOS2.7CH4.2H2N/c23-20(16-25)21(24)22(17-10-4-1-5-11-17,18-12-6-2-7-13-18)19-14-8-3-9-15-19;1-7(2,3)11-6(9)5(8)4-10;;;;;;;;;/h1-15,20,25H,16,23H2;5,10H,4,8H2,1-3H3;7*1H4;2*1H2/q;;;;;;;;;2*-1/t20-;5-;;;;;;;;;/m00........./s1. The summed E-state index contributed by atoms with van der Waals surface area (Å²) in [7, 11) is 0. The van der Waals surface area contributed by atoms with E-state index in [-0.39, 0.29) is 79.9 Å². The van der Waals surface area contributed by atoms with Gasteiger partial charge in [-0.2, -0.15) is 25.3 Å². The van der Waals surface area contributed by atoms with E-state index in [2.05, 4.69) is 25.3 Å². The van der Waals surface area contributed by atoms with Crippen molar-refractivity contribution in [3.05, 3.63) is 120 Å². The van der Waals surface area contributed by atoms with Crippen LogP contribution < -0.4 is 11.5 Å². The van der Waals surface area contributed by atoms with Crippen LogP contribution >= 0.6 is 37.0 Å². The number of carbonyl (C=O) groups is 2.